The summed E-state index contributed by atoms with van der Waals surface area (Å²) in [6.07, 6.45) is 1.93. The number of aryl methyl sites for hydroxylation is 2. The lowest BCUT2D eigenvalue weighted by atomic mass is 10.2. The molecule has 0 aliphatic heterocycles. The molecule has 72 valence electrons. The smallest absolute Gasteiger partial charge is 0.143 e. The molecule has 14 heavy (non-hydrogen) atoms. The number of benzene rings is 1. The molecule has 0 bridgehead atoms. The van der Waals surface area contributed by atoms with Crippen molar-refractivity contribution in [2.24, 2.45) is 7.05 Å². The Balaban J connectivity index is 2.60. The summed E-state index contributed by atoms with van der Waals surface area (Å²) in [6, 6.07) is 7.21. The summed E-state index contributed by atoms with van der Waals surface area (Å²) in [6.45, 7) is 1.93. The van der Waals surface area contributed by atoms with Crippen LogP contribution in [0.3, 0.4) is 0 Å². The van der Waals surface area contributed by atoms with Gasteiger partial charge >= 0.3 is 0 Å². The van der Waals surface area contributed by atoms with Crippen LogP contribution in [0.25, 0.3) is 11.4 Å². The lowest BCUT2D eigenvalue weighted by Crippen LogP contribution is -1.90. The van der Waals surface area contributed by atoms with Crippen molar-refractivity contribution in [1.29, 1.82) is 0 Å². The number of phenols is 1. The van der Waals surface area contributed by atoms with Gasteiger partial charge in [-0.3, -0.25) is 0 Å². The number of nitrogens with zero attached hydrogens (tertiary/aromatic N) is 2. The lowest BCUT2D eigenvalue weighted by molar-refractivity contribution is 0.476. The van der Waals surface area contributed by atoms with Crippen molar-refractivity contribution in [2.75, 3.05) is 0 Å². The highest BCUT2D eigenvalue weighted by Gasteiger charge is 2.08. The Morgan fingerprint density at radius 3 is 2.57 bits per heavy atom. The van der Waals surface area contributed by atoms with Crippen LogP contribution >= 0.6 is 0 Å². The molecule has 0 saturated carbocycles. The normalized spacial score (nSPS) is 10.4. The van der Waals surface area contributed by atoms with Gasteiger partial charge in [0.1, 0.15) is 11.6 Å². The van der Waals surface area contributed by atoms with Crippen LogP contribution in [0.1, 0.15) is 5.69 Å². The maximum Gasteiger partial charge on any atom is 0.143 e. The van der Waals surface area contributed by atoms with E-state index in [1.54, 1.807) is 12.1 Å². The second kappa shape index (κ2) is 3.18. The van der Waals surface area contributed by atoms with Gasteiger partial charge in [-0.15, -0.1) is 0 Å². The van der Waals surface area contributed by atoms with Crippen LogP contribution in [0, 0.1) is 6.92 Å². The van der Waals surface area contributed by atoms with E-state index in [0.717, 1.165) is 17.1 Å². The van der Waals surface area contributed by atoms with Gasteiger partial charge in [0.25, 0.3) is 0 Å². The van der Waals surface area contributed by atoms with Crippen molar-refractivity contribution in [3.05, 3.63) is 36.2 Å². The van der Waals surface area contributed by atoms with Crippen LogP contribution in [0.2, 0.25) is 0 Å². The molecule has 0 unspecified atom stereocenters. The number of imidazole rings is 1. The van der Waals surface area contributed by atoms with Crippen LogP contribution in [0.15, 0.2) is 30.5 Å². The number of hydrogen-bond donors (Lipinski definition) is 1. The Bertz CT molecular complexity index is 460. The van der Waals surface area contributed by atoms with Gasteiger partial charge in [-0.1, -0.05) is 12.1 Å². The fourth-order valence-corrected chi connectivity index (χ4v) is 1.53. The third-order valence-corrected chi connectivity index (χ3v) is 2.14. The monoisotopic (exact) mass is 188 g/mol. The highest BCUT2D eigenvalue weighted by atomic mass is 16.3. The van der Waals surface area contributed by atoms with E-state index >= 15 is 0 Å². The van der Waals surface area contributed by atoms with Crippen molar-refractivity contribution in [3.63, 3.8) is 0 Å². The Morgan fingerprint density at radius 1 is 1.29 bits per heavy atom. The molecule has 1 N–H and O–H groups in total. The van der Waals surface area contributed by atoms with E-state index in [1.165, 1.54) is 0 Å². The molecule has 0 spiro atoms. The maximum absolute atomic E-state index is 9.64. The van der Waals surface area contributed by atoms with E-state index < -0.39 is 0 Å². The highest BCUT2D eigenvalue weighted by molar-refractivity contribution is 5.64. The topological polar surface area (TPSA) is 38.0 Å². The van der Waals surface area contributed by atoms with E-state index in [2.05, 4.69) is 4.98 Å². The second-order valence-electron chi connectivity index (χ2n) is 3.33. The summed E-state index contributed by atoms with van der Waals surface area (Å²) in [7, 11) is 1.92. The van der Waals surface area contributed by atoms with Gasteiger partial charge in [0.15, 0.2) is 0 Å². The van der Waals surface area contributed by atoms with Crippen molar-refractivity contribution >= 4 is 0 Å². The average molecular weight is 188 g/mol. The Hall–Kier alpha value is -1.77. The molecule has 0 aliphatic carbocycles. The van der Waals surface area contributed by atoms with E-state index in [4.69, 9.17) is 0 Å². The fourth-order valence-electron chi connectivity index (χ4n) is 1.53. The predicted octanol–water partition coefficient (Wildman–Crippen LogP) is 2.10. The molecule has 0 fully saturated rings. The molecule has 2 aromatic rings. The van der Waals surface area contributed by atoms with Gasteiger partial charge in [0.2, 0.25) is 0 Å². The molecule has 0 radical (unpaired) electrons. The summed E-state index contributed by atoms with van der Waals surface area (Å²) in [5.41, 5.74) is 1.72. The molecule has 3 heteroatoms. The molecule has 0 amide bonds. The standard InChI is InChI=1S/C11H12N2O/c1-8-7-13(2)11(12-8)9-5-3-4-6-10(9)14/h3-7,14H,1-2H3. The summed E-state index contributed by atoms with van der Waals surface area (Å²) in [5.74, 6) is 1.06. The third-order valence-electron chi connectivity index (χ3n) is 2.14. The van der Waals surface area contributed by atoms with E-state index in [1.807, 2.05) is 36.9 Å². The second-order valence-corrected chi connectivity index (χ2v) is 3.33. The fraction of sp³-hybridized carbons (Fsp3) is 0.182. The van der Waals surface area contributed by atoms with E-state index in [9.17, 15) is 5.11 Å². The van der Waals surface area contributed by atoms with Crippen molar-refractivity contribution < 1.29 is 5.11 Å². The van der Waals surface area contributed by atoms with Crippen molar-refractivity contribution in [1.82, 2.24) is 9.55 Å². The Labute approximate surface area is 82.7 Å². The zero-order chi connectivity index (χ0) is 10.1. The Morgan fingerprint density at radius 2 is 2.00 bits per heavy atom. The minimum absolute atomic E-state index is 0.265. The van der Waals surface area contributed by atoms with Crippen LogP contribution in [-0.4, -0.2) is 14.7 Å². The average Bonchev–Trinajstić information content (AvgIpc) is 2.46. The number of phenolic OH excluding ortho intramolecular Hbond substituents is 1. The summed E-state index contributed by atoms with van der Waals surface area (Å²) in [5, 5.41) is 9.64. The number of aromatic nitrogens is 2. The number of para-hydroxylation sites is 1. The summed E-state index contributed by atoms with van der Waals surface area (Å²) in [4.78, 5) is 4.34. The molecule has 0 saturated heterocycles. The molecule has 3 nitrogen and oxygen atoms in total. The predicted molar refractivity (Wildman–Crippen MR) is 55.0 cm³/mol. The molecular weight excluding hydrogens is 176 g/mol. The zero-order valence-electron chi connectivity index (χ0n) is 8.23. The van der Waals surface area contributed by atoms with Crippen molar-refractivity contribution in [3.8, 4) is 17.1 Å². The number of aromatic hydroxyl groups is 1. The molecule has 2 rings (SSSR count). The minimum Gasteiger partial charge on any atom is -0.507 e. The molecule has 1 heterocycles. The van der Waals surface area contributed by atoms with Crippen LogP contribution in [-0.2, 0) is 7.05 Å². The Kier molecular flexibility index (Phi) is 2.00. The van der Waals surface area contributed by atoms with Crippen LogP contribution in [0.5, 0.6) is 5.75 Å². The highest BCUT2D eigenvalue weighted by Crippen LogP contribution is 2.27. The van der Waals surface area contributed by atoms with E-state index in [-0.39, 0.29) is 5.75 Å². The van der Waals surface area contributed by atoms with Gasteiger partial charge in [0.05, 0.1) is 11.3 Å². The third kappa shape index (κ3) is 1.37. The van der Waals surface area contributed by atoms with Crippen molar-refractivity contribution in [2.45, 2.75) is 6.92 Å². The first-order chi connectivity index (χ1) is 6.68. The quantitative estimate of drug-likeness (QED) is 0.744. The van der Waals surface area contributed by atoms with Gasteiger partial charge in [-0.05, 0) is 19.1 Å². The molecule has 0 atom stereocenters. The number of rotatable bonds is 1. The van der Waals surface area contributed by atoms with Gasteiger partial charge in [-0.25, -0.2) is 4.98 Å². The van der Waals surface area contributed by atoms with Gasteiger partial charge in [0, 0.05) is 13.2 Å². The summed E-state index contributed by atoms with van der Waals surface area (Å²) < 4.78 is 1.91. The molecule has 1 aromatic heterocycles. The van der Waals surface area contributed by atoms with E-state index in [0.29, 0.717) is 0 Å². The largest absolute Gasteiger partial charge is 0.507 e. The molecule has 1 aromatic carbocycles. The SMILES string of the molecule is Cc1cn(C)c(-c2ccccc2O)n1. The lowest BCUT2D eigenvalue weighted by Gasteiger charge is -2.03. The first-order valence-electron chi connectivity index (χ1n) is 4.47. The maximum atomic E-state index is 9.64. The first kappa shape index (κ1) is 8.81. The molecular formula is C11H12N2O. The summed E-state index contributed by atoms with van der Waals surface area (Å²) >= 11 is 0. The first-order valence-corrected chi connectivity index (χ1v) is 4.47. The van der Waals surface area contributed by atoms with Crippen LogP contribution < -0.4 is 0 Å². The molecule has 0 aliphatic rings. The van der Waals surface area contributed by atoms with Gasteiger partial charge < -0.3 is 9.67 Å². The van der Waals surface area contributed by atoms with Gasteiger partial charge in [-0.2, -0.15) is 0 Å². The zero-order valence-corrected chi connectivity index (χ0v) is 8.23. The number of hydrogen-bond acceptors (Lipinski definition) is 2. The minimum atomic E-state index is 0.265. The van der Waals surface area contributed by atoms with Crippen LogP contribution in [0.4, 0.5) is 0 Å².